The molecule has 0 atom stereocenters. The molecule has 1 amide bonds. The molecule has 2 aromatic rings. The van der Waals surface area contributed by atoms with Gasteiger partial charge in [-0.15, -0.1) is 0 Å². The van der Waals surface area contributed by atoms with Gasteiger partial charge in [0.25, 0.3) is 0 Å². The maximum atomic E-state index is 12.7. The Labute approximate surface area is 162 Å². The zero-order chi connectivity index (χ0) is 20.1. The molecular weight excluding hydrogens is 367 g/mol. The Kier molecular flexibility index (Phi) is 6.24. The molecule has 3 rings (SSSR count). The van der Waals surface area contributed by atoms with Crippen LogP contribution in [0, 0.1) is 0 Å². The van der Waals surface area contributed by atoms with Gasteiger partial charge in [-0.2, -0.15) is 13.2 Å². The van der Waals surface area contributed by atoms with E-state index < -0.39 is 11.7 Å². The number of nitrogens with zero attached hydrogens (tertiary/aromatic N) is 2. The average Bonchev–Trinajstić information content (AvgIpc) is 2.68. The van der Waals surface area contributed by atoms with Crippen molar-refractivity contribution in [1.29, 1.82) is 0 Å². The SMILES string of the molecule is CCN1CCN(c2ccccc2NC(=O)Cc2ccc(C(F)(F)F)cc2)CC1. The highest BCUT2D eigenvalue weighted by Gasteiger charge is 2.30. The molecular formula is C21H24F3N3O. The lowest BCUT2D eigenvalue weighted by molar-refractivity contribution is -0.137. The summed E-state index contributed by atoms with van der Waals surface area (Å²) >= 11 is 0. The van der Waals surface area contributed by atoms with Crippen LogP contribution in [0.5, 0.6) is 0 Å². The lowest BCUT2D eigenvalue weighted by Gasteiger charge is -2.36. The second-order valence-electron chi connectivity index (χ2n) is 6.86. The number of carbonyl (C=O) groups excluding carboxylic acids is 1. The van der Waals surface area contributed by atoms with Crippen molar-refractivity contribution in [2.75, 3.05) is 42.9 Å². The van der Waals surface area contributed by atoms with Gasteiger partial charge in [0.1, 0.15) is 0 Å². The topological polar surface area (TPSA) is 35.6 Å². The Morgan fingerprint density at radius 3 is 2.25 bits per heavy atom. The summed E-state index contributed by atoms with van der Waals surface area (Å²) < 4.78 is 38.0. The number of halogens is 3. The van der Waals surface area contributed by atoms with Gasteiger partial charge in [0, 0.05) is 26.2 Å². The summed E-state index contributed by atoms with van der Waals surface area (Å²) in [5.74, 6) is -0.251. The highest BCUT2D eigenvalue weighted by Crippen LogP contribution is 2.29. The van der Waals surface area contributed by atoms with Crippen LogP contribution in [-0.4, -0.2) is 43.5 Å². The van der Waals surface area contributed by atoms with Crippen LogP contribution in [0.4, 0.5) is 24.5 Å². The van der Waals surface area contributed by atoms with E-state index in [1.54, 1.807) is 0 Å². The molecule has 1 aliphatic heterocycles. The third-order valence-corrected chi connectivity index (χ3v) is 4.98. The highest BCUT2D eigenvalue weighted by molar-refractivity contribution is 5.95. The van der Waals surface area contributed by atoms with E-state index in [1.165, 1.54) is 12.1 Å². The van der Waals surface area contributed by atoms with E-state index in [-0.39, 0.29) is 12.3 Å². The number of anilines is 2. The second-order valence-corrected chi connectivity index (χ2v) is 6.86. The van der Waals surface area contributed by atoms with E-state index in [4.69, 9.17) is 0 Å². The van der Waals surface area contributed by atoms with Gasteiger partial charge in [-0.25, -0.2) is 0 Å². The third kappa shape index (κ3) is 5.04. The first kappa shape index (κ1) is 20.2. The van der Waals surface area contributed by atoms with E-state index in [2.05, 4.69) is 22.0 Å². The number of hydrogen-bond donors (Lipinski definition) is 1. The molecule has 28 heavy (non-hydrogen) atoms. The van der Waals surface area contributed by atoms with Crippen LogP contribution < -0.4 is 10.2 Å². The number of carbonyl (C=O) groups is 1. The molecule has 7 heteroatoms. The van der Waals surface area contributed by atoms with Crippen LogP contribution in [-0.2, 0) is 17.4 Å². The first-order chi connectivity index (χ1) is 13.4. The zero-order valence-corrected chi connectivity index (χ0v) is 15.8. The number of amides is 1. The monoisotopic (exact) mass is 391 g/mol. The maximum Gasteiger partial charge on any atom is 0.416 e. The summed E-state index contributed by atoms with van der Waals surface area (Å²) in [6.45, 7) is 6.90. The van der Waals surface area contributed by atoms with Gasteiger partial charge in [0.2, 0.25) is 5.91 Å². The number of hydrogen-bond acceptors (Lipinski definition) is 3. The van der Waals surface area contributed by atoms with Crippen LogP contribution in [0.25, 0.3) is 0 Å². The van der Waals surface area contributed by atoms with E-state index in [1.807, 2.05) is 24.3 Å². The Hall–Kier alpha value is -2.54. The van der Waals surface area contributed by atoms with Gasteiger partial charge in [0.15, 0.2) is 0 Å². The molecule has 4 nitrogen and oxygen atoms in total. The number of rotatable bonds is 5. The normalized spacial score (nSPS) is 15.5. The van der Waals surface area contributed by atoms with Crippen molar-refractivity contribution >= 4 is 17.3 Å². The van der Waals surface area contributed by atoms with Crippen LogP contribution in [0.3, 0.4) is 0 Å². The van der Waals surface area contributed by atoms with Crippen LogP contribution in [0.1, 0.15) is 18.1 Å². The maximum absolute atomic E-state index is 12.7. The third-order valence-electron chi connectivity index (χ3n) is 4.98. The van der Waals surface area contributed by atoms with Crippen LogP contribution in [0.2, 0.25) is 0 Å². The quantitative estimate of drug-likeness (QED) is 0.836. The minimum absolute atomic E-state index is 0.0239. The molecule has 1 saturated heterocycles. The van der Waals surface area contributed by atoms with E-state index in [0.29, 0.717) is 5.56 Å². The molecule has 2 aromatic carbocycles. The molecule has 1 fully saturated rings. The molecule has 1 aliphatic rings. The van der Waals surface area contributed by atoms with E-state index in [9.17, 15) is 18.0 Å². The minimum Gasteiger partial charge on any atom is -0.367 e. The van der Waals surface area contributed by atoms with Crippen molar-refractivity contribution in [2.45, 2.75) is 19.5 Å². The molecule has 1 N–H and O–H groups in total. The van der Waals surface area contributed by atoms with Gasteiger partial charge in [0.05, 0.1) is 23.4 Å². The number of benzene rings is 2. The number of alkyl halides is 3. The molecule has 0 bridgehead atoms. The fraction of sp³-hybridized carbons (Fsp3) is 0.381. The van der Waals surface area contributed by atoms with Gasteiger partial charge in [-0.1, -0.05) is 31.2 Å². The van der Waals surface area contributed by atoms with E-state index >= 15 is 0 Å². The minimum atomic E-state index is -4.37. The van der Waals surface area contributed by atoms with Crippen molar-refractivity contribution in [3.63, 3.8) is 0 Å². The molecule has 0 spiro atoms. The lowest BCUT2D eigenvalue weighted by Crippen LogP contribution is -2.46. The highest BCUT2D eigenvalue weighted by atomic mass is 19.4. The molecule has 0 radical (unpaired) electrons. The predicted molar refractivity (Wildman–Crippen MR) is 105 cm³/mol. The van der Waals surface area contributed by atoms with Gasteiger partial charge < -0.3 is 15.1 Å². The lowest BCUT2D eigenvalue weighted by atomic mass is 10.1. The van der Waals surface area contributed by atoms with Crippen molar-refractivity contribution in [3.05, 3.63) is 59.7 Å². The number of piperazine rings is 1. The number of para-hydroxylation sites is 2. The summed E-state index contributed by atoms with van der Waals surface area (Å²) in [6, 6.07) is 12.3. The standard InChI is InChI=1S/C21H24F3N3O/c1-2-26-11-13-27(14-12-26)19-6-4-3-5-18(19)25-20(28)15-16-7-9-17(10-8-16)21(22,23)24/h3-10H,2,11-15H2,1H3,(H,25,28). The summed E-state index contributed by atoms with van der Waals surface area (Å²) in [7, 11) is 0. The smallest absolute Gasteiger partial charge is 0.367 e. The fourth-order valence-electron chi connectivity index (χ4n) is 3.35. The van der Waals surface area contributed by atoms with E-state index in [0.717, 1.165) is 56.2 Å². The molecule has 0 aliphatic carbocycles. The Bertz CT molecular complexity index is 797. The molecule has 0 aromatic heterocycles. The first-order valence-corrected chi connectivity index (χ1v) is 9.39. The Morgan fingerprint density at radius 2 is 1.64 bits per heavy atom. The summed E-state index contributed by atoms with van der Waals surface area (Å²) in [5.41, 5.74) is 1.52. The van der Waals surface area contributed by atoms with Crippen LogP contribution >= 0.6 is 0 Å². The number of likely N-dealkylation sites (N-methyl/N-ethyl adjacent to an activating group) is 1. The number of nitrogens with one attached hydrogen (secondary N) is 1. The van der Waals surface area contributed by atoms with Gasteiger partial charge >= 0.3 is 6.18 Å². The zero-order valence-electron chi connectivity index (χ0n) is 15.8. The largest absolute Gasteiger partial charge is 0.416 e. The molecule has 150 valence electrons. The van der Waals surface area contributed by atoms with Crippen molar-refractivity contribution < 1.29 is 18.0 Å². The Morgan fingerprint density at radius 1 is 1.00 bits per heavy atom. The first-order valence-electron chi connectivity index (χ1n) is 9.39. The van der Waals surface area contributed by atoms with Crippen molar-refractivity contribution in [1.82, 2.24) is 4.90 Å². The molecule has 0 saturated carbocycles. The predicted octanol–water partition coefficient (Wildman–Crippen LogP) is 4.03. The second kappa shape index (κ2) is 8.65. The van der Waals surface area contributed by atoms with Crippen molar-refractivity contribution in [2.24, 2.45) is 0 Å². The van der Waals surface area contributed by atoms with Gasteiger partial charge in [-0.3, -0.25) is 4.79 Å². The summed E-state index contributed by atoms with van der Waals surface area (Å²) in [5, 5.41) is 2.91. The summed E-state index contributed by atoms with van der Waals surface area (Å²) in [4.78, 5) is 17.1. The summed E-state index contributed by atoms with van der Waals surface area (Å²) in [6.07, 6.45) is -4.35. The molecule has 0 unspecified atom stereocenters. The molecule has 1 heterocycles. The van der Waals surface area contributed by atoms with Crippen LogP contribution in [0.15, 0.2) is 48.5 Å². The van der Waals surface area contributed by atoms with Crippen molar-refractivity contribution in [3.8, 4) is 0 Å². The Balaban J connectivity index is 1.65. The van der Waals surface area contributed by atoms with Gasteiger partial charge in [-0.05, 0) is 36.4 Å². The fourth-order valence-corrected chi connectivity index (χ4v) is 3.35. The average molecular weight is 391 g/mol.